The fourth-order valence-electron chi connectivity index (χ4n) is 10.2. The van der Waals surface area contributed by atoms with Crippen LogP contribution in [0.3, 0.4) is 0 Å². The fraction of sp³-hybridized carbons (Fsp3) is 0.938. The van der Waals surface area contributed by atoms with Gasteiger partial charge in [0.1, 0.15) is 24.4 Å². The Morgan fingerprint density at radius 1 is 0.952 bits per heavy atom. The van der Waals surface area contributed by atoms with E-state index in [0.717, 1.165) is 31.3 Å². The lowest BCUT2D eigenvalue weighted by Crippen LogP contribution is -2.65. The lowest BCUT2D eigenvalue weighted by molar-refractivity contribution is -0.293. The van der Waals surface area contributed by atoms with Gasteiger partial charge in [-0.15, -0.1) is 0 Å². The topological polar surface area (TPSA) is 180 Å². The van der Waals surface area contributed by atoms with Crippen molar-refractivity contribution in [1.29, 1.82) is 0 Å². The second kappa shape index (κ2) is 11.9. The van der Waals surface area contributed by atoms with Crippen LogP contribution in [-0.4, -0.2) is 109 Å². The van der Waals surface area contributed by atoms with E-state index in [9.17, 15) is 40.9 Å². The van der Waals surface area contributed by atoms with Crippen molar-refractivity contribution in [3.05, 3.63) is 11.6 Å². The van der Waals surface area contributed by atoms with E-state index in [0.29, 0.717) is 19.3 Å². The largest absolute Gasteiger partial charge is 0.396 e. The van der Waals surface area contributed by atoms with Gasteiger partial charge < -0.3 is 50.3 Å². The third kappa shape index (κ3) is 5.11. The normalized spacial score (nSPS) is 52.1. The maximum atomic E-state index is 12.5. The molecule has 242 valence electrons. The van der Waals surface area contributed by atoms with Crippen LogP contribution in [0.5, 0.6) is 0 Å². The number of ether oxygens (including phenoxy) is 2. The van der Waals surface area contributed by atoms with Crippen molar-refractivity contribution in [2.24, 2.45) is 40.4 Å². The van der Waals surface area contributed by atoms with Crippen molar-refractivity contribution in [3.63, 3.8) is 0 Å². The summed E-state index contributed by atoms with van der Waals surface area (Å²) in [6.45, 7) is 8.34. The first-order valence-corrected chi connectivity index (χ1v) is 16.1. The van der Waals surface area contributed by atoms with Crippen molar-refractivity contribution in [2.75, 3.05) is 13.2 Å². The van der Waals surface area contributed by atoms with E-state index in [4.69, 9.17) is 9.47 Å². The average molecular weight is 599 g/mol. The molecule has 0 amide bonds. The highest BCUT2D eigenvalue weighted by molar-refractivity contribution is 5.33. The van der Waals surface area contributed by atoms with Crippen LogP contribution in [0.1, 0.15) is 79.1 Å². The minimum Gasteiger partial charge on any atom is -0.396 e. The standard InChI is InChI=1S/C32H54O10/c1-16(14-33)6-5-7-17(2)22-25(37)26(38)28-31(22,4)12-10-21-30(3)11-9-20(23(35)18(30)8-13-32(21,28)40)42-29-27(39)24(36)19(34)15-41-29/h8,16-17,19-29,33-40H,5-7,9-15H2,1-4H3/t16-,17+,19+,20-,21+,22-,23+,24-,25+,26-,27+,28+,29-,30-,31+,32-/m0/s1. The van der Waals surface area contributed by atoms with E-state index in [1.165, 1.54) is 0 Å². The first kappa shape index (κ1) is 32.7. The fourth-order valence-corrected chi connectivity index (χ4v) is 10.2. The molecule has 0 aromatic heterocycles. The molecule has 0 spiro atoms. The Balaban J connectivity index is 1.35. The highest BCUT2D eigenvalue weighted by Crippen LogP contribution is 2.68. The molecule has 0 unspecified atom stereocenters. The smallest absolute Gasteiger partial charge is 0.186 e. The molecule has 8 N–H and O–H groups in total. The van der Waals surface area contributed by atoms with Gasteiger partial charge in [-0.3, -0.25) is 0 Å². The van der Waals surface area contributed by atoms with Crippen LogP contribution in [0, 0.1) is 40.4 Å². The van der Waals surface area contributed by atoms with Crippen LogP contribution in [0.15, 0.2) is 11.6 Å². The molecule has 5 rings (SSSR count). The Hall–Kier alpha value is -0.660. The van der Waals surface area contributed by atoms with Crippen molar-refractivity contribution in [2.45, 2.75) is 134 Å². The SMILES string of the molecule is C[C@H](CO)CCC[C@@H](C)[C@H]1[C@@H](O)[C@H](O)[C@@H]2[C@]1(C)CC[C@H]1[C@@]2(O)CC=C2[C@@H](O)[C@@H](O[C@@H]3OC[C@@H](O)[C@H](O)[C@H]3O)CC[C@@]21C. The molecule has 10 nitrogen and oxygen atoms in total. The lowest BCUT2D eigenvalue weighted by Gasteiger charge is -2.63. The van der Waals surface area contributed by atoms with Gasteiger partial charge in [-0.05, 0) is 78.6 Å². The van der Waals surface area contributed by atoms with E-state index in [-0.39, 0.29) is 43.3 Å². The van der Waals surface area contributed by atoms with Crippen LogP contribution in [0.4, 0.5) is 0 Å². The Bertz CT molecular complexity index is 992. The number of fused-ring (bicyclic) bond motifs is 5. The molecular weight excluding hydrogens is 544 g/mol. The Labute approximate surface area is 249 Å². The predicted molar refractivity (Wildman–Crippen MR) is 153 cm³/mol. The maximum Gasteiger partial charge on any atom is 0.186 e. The minimum absolute atomic E-state index is 0.146. The maximum absolute atomic E-state index is 12.5. The second-order valence-corrected chi connectivity index (χ2v) is 15.0. The molecule has 0 aromatic carbocycles. The number of hydrogen-bond acceptors (Lipinski definition) is 10. The monoisotopic (exact) mass is 598 g/mol. The zero-order chi connectivity index (χ0) is 30.8. The highest BCUT2D eigenvalue weighted by atomic mass is 16.7. The number of hydrogen-bond donors (Lipinski definition) is 8. The molecule has 0 radical (unpaired) electrons. The third-order valence-electron chi connectivity index (χ3n) is 12.4. The summed E-state index contributed by atoms with van der Waals surface area (Å²) in [6, 6.07) is 0. The van der Waals surface area contributed by atoms with E-state index in [1.54, 1.807) is 0 Å². The Morgan fingerprint density at radius 3 is 2.36 bits per heavy atom. The summed E-state index contributed by atoms with van der Waals surface area (Å²) >= 11 is 0. The minimum atomic E-state index is -1.44. The van der Waals surface area contributed by atoms with Gasteiger partial charge in [0, 0.05) is 12.5 Å². The van der Waals surface area contributed by atoms with E-state index in [2.05, 4.69) is 20.8 Å². The summed E-state index contributed by atoms with van der Waals surface area (Å²) in [6.07, 6.45) is -1.56. The van der Waals surface area contributed by atoms with E-state index in [1.807, 2.05) is 13.0 Å². The molecule has 5 aliphatic rings. The molecular formula is C32H54O10. The molecule has 4 fully saturated rings. The van der Waals surface area contributed by atoms with E-state index < -0.39 is 71.4 Å². The summed E-state index contributed by atoms with van der Waals surface area (Å²) in [7, 11) is 0. The molecule has 4 aliphatic carbocycles. The molecule has 0 bridgehead atoms. The van der Waals surface area contributed by atoms with E-state index >= 15 is 0 Å². The molecule has 16 atom stereocenters. The average Bonchev–Trinajstić information content (AvgIpc) is 3.15. The predicted octanol–water partition coefficient (Wildman–Crippen LogP) is 0.852. The number of aliphatic hydroxyl groups excluding tert-OH is 7. The van der Waals surface area contributed by atoms with Crippen LogP contribution < -0.4 is 0 Å². The Morgan fingerprint density at radius 2 is 1.67 bits per heavy atom. The molecule has 42 heavy (non-hydrogen) atoms. The zero-order valence-corrected chi connectivity index (χ0v) is 25.5. The van der Waals surface area contributed by atoms with Gasteiger partial charge in [-0.1, -0.05) is 46.6 Å². The Kier molecular flexibility index (Phi) is 9.30. The summed E-state index contributed by atoms with van der Waals surface area (Å²) < 4.78 is 11.4. The van der Waals surface area contributed by atoms with Crippen LogP contribution in [0.2, 0.25) is 0 Å². The number of aliphatic hydroxyl groups is 8. The van der Waals surface area contributed by atoms with Crippen molar-refractivity contribution < 1.29 is 50.3 Å². The van der Waals surface area contributed by atoms with Crippen LogP contribution in [0.25, 0.3) is 0 Å². The van der Waals surface area contributed by atoms with Gasteiger partial charge >= 0.3 is 0 Å². The van der Waals surface area contributed by atoms with Gasteiger partial charge in [0.25, 0.3) is 0 Å². The molecule has 10 heteroatoms. The van der Waals surface area contributed by atoms with Crippen molar-refractivity contribution in [3.8, 4) is 0 Å². The first-order valence-electron chi connectivity index (χ1n) is 16.1. The molecule has 3 saturated carbocycles. The summed E-state index contributed by atoms with van der Waals surface area (Å²) in [5.74, 6) is -0.520. The van der Waals surface area contributed by atoms with Gasteiger partial charge in [0.05, 0.1) is 30.5 Å². The van der Waals surface area contributed by atoms with Crippen molar-refractivity contribution >= 4 is 0 Å². The first-order chi connectivity index (χ1) is 19.7. The second-order valence-electron chi connectivity index (χ2n) is 15.0. The number of rotatable bonds is 8. The molecule has 1 heterocycles. The summed E-state index contributed by atoms with van der Waals surface area (Å²) in [5.41, 5.74) is -1.47. The molecule has 1 aliphatic heterocycles. The van der Waals surface area contributed by atoms with Crippen LogP contribution >= 0.6 is 0 Å². The molecule has 1 saturated heterocycles. The van der Waals surface area contributed by atoms with Gasteiger partial charge in [-0.25, -0.2) is 0 Å². The van der Waals surface area contributed by atoms with Gasteiger partial charge in [-0.2, -0.15) is 0 Å². The quantitative estimate of drug-likeness (QED) is 0.187. The molecule has 0 aromatic rings. The zero-order valence-electron chi connectivity index (χ0n) is 25.5. The van der Waals surface area contributed by atoms with Gasteiger partial charge in [0.15, 0.2) is 6.29 Å². The lowest BCUT2D eigenvalue weighted by atomic mass is 9.44. The summed E-state index contributed by atoms with van der Waals surface area (Å²) in [4.78, 5) is 0. The van der Waals surface area contributed by atoms with Gasteiger partial charge in [0.2, 0.25) is 0 Å². The van der Waals surface area contributed by atoms with Crippen LogP contribution in [-0.2, 0) is 9.47 Å². The summed E-state index contributed by atoms with van der Waals surface area (Å²) in [5, 5.41) is 86.6. The highest BCUT2D eigenvalue weighted by Gasteiger charge is 2.71. The van der Waals surface area contributed by atoms with Crippen molar-refractivity contribution in [1.82, 2.24) is 0 Å². The third-order valence-corrected chi connectivity index (χ3v) is 12.4.